The Hall–Kier alpha value is -6.82. The molecule has 4 aliphatic rings. The van der Waals surface area contributed by atoms with E-state index in [1.54, 1.807) is 44.6 Å². The number of hydrogen-bond donors (Lipinski definition) is 4. The number of hydrogen-bond acceptors (Lipinski definition) is 14. The third-order valence-electron chi connectivity index (χ3n) is 16.1. The molecule has 6 bridgehead atoms. The summed E-state index contributed by atoms with van der Waals surface area (Å²) < 4.78 is 44.7. The molecule has 4 aliphatic heterocycles. The number of pyridine rings is 1. The summed E-state index contributed by atoms with van der Waals surface area (Å²) >= 11 is 0. The largest absolute Gasteiger partial charge is 0.508 e. The number of rotatable bonds is 11. The Morgan fingerprint density at radius 1 is 1.01 bits per heavy atom. The van der Waals surface area contributed by atoms with Crippen LogP contribution in [0.2, 0.25) is 0 Å². The van der Waals surface area contributed by atoms with Crippen molar-refractivity contribution in [3.63, 3.8) is 0 Å². The first-order valence-electron chi connectivity index (χ1n) is 27.9. The minimum absolute atomic E-state index is 0.0401. The van der Waals surface area contributed by atoms with E-state index < -0.39 is 63.4 Å². The maximum atomic E-state index is 15.0. The van der Waals surface area contributed by atoms with Crippen LogP contribution in [0, 0.1) is 23.2 Å². The number of carbonyl (C=O) groups excluding carboxylic acids is 4. The Morgan fingerprint density at radius 2 is 1.76 bits per heavy atom. The number of aryl methyl sites for hydroxylation is 1. The molecular formula is C61H76N8O10S. The summed E-state index contributed by atoms with van der Waals surface area (Å²) in [7, 11) is 0.200. The van der Waals surface area contributed by atoms with Gasteiger partial charge in [0.2, 0.25) is 5.91 Å². The van der Waals surface area contributed by atoms with E-state index in [-0.39, 0.29) is 54.6 Å². The number of cyclic esters (lactones) is 1. The Kier molecular flexibility index (Phi) is 17.4. The van der Waals surface area contributed by atoms with Gasteiger partial charge in [-0.2, -0.15) is 0 Å². The topological polar surface area (TPSA) is 228 Å². The fourth-order valence-corrected chi connectivity index (χ4v) is 13.1. The van der Waals surface area contributed by atoms with Crippen LogP contribution in [0.15, 0.2) is 72.9 Å². The van der Waals surface area contributed by atoms with Crippen molar-refractivity contribution < 1.29 is 46.9 Å². The van der Waals surface area contributed by atoms with Crippen molar-refractivity contribution in [3.8, 4) is 40.0 Å². The number of phenolic OH excluding ortho intramolecular Hbond substituents is 1. The van der Waals surface area contributed by atoms with E-state index in [0.717, 1.165) is 38.9 Å². The predicted octanol–water partition coefficient (Wildman–Crippen LogP) is 6.17. The van der Waals surface area contributed by atoms with Crippen molar-refractivity contribution in [2.24, 2.45) is 11.3 Å². The summed E-state index contributed by atoms with van der Waals surface area (Å²) in [6.45, 7) is 14.4. The second kappa shape index (κ2) is 24.1. The Morgan fingerprint density at radius 3 is 2.48 bits per heavy atom. The van der Waals surface area contributed by atoms with Crippen LogP contribution >= 0.6 is 0 Å². The molecule has 80 heavy (non-hydrogen) atoms. The standard InChI is InChI=1S/C61H76N8O10S/c1-9-68-52-19-16-42-33-47(52)49(55(68)48-30-39(35-63-53(48)38(4)77-8)12-10-21-67-23-26-80(75,76)27-24-67)34-61(5,6)36-79-60(74)50-13-11-22-69(65-50)58(72)51(31-40-28-43(42)32-45(70)29-40)64-57(71)54(37(2)3)66(7)59(73)56-46(20-25-78-56)41-14-17-44(62)18-15-41/h14-19,28-30,32-33,35,37-38,46,50-51,54,56,65,70H,9,11,13,20-27,31,34,36,62H2,1-8H3,(H,64,71)/t38-,46+,50-,51-,54-,56+/m0/s1. The maximum absolute atomic E-state index is 15.0. The lowest BCUT2D eigenvalue weighted by Crippen LogP contribution is -2.62. The number of aromatic nitrogens is 2. The number of likely N-dealkylation sites (N-methyl/N-ethyl adjacent to an activating group) is 1. The fourth-order valence-electron chi connectivity index (χ4n) is 11.8. The fraction of sp³-hybridized carbons (Fsp3) is 0.492. The Balaban J connectivity index is 1.10. The smallest absolute Gasteiger partial charge is 0.324 e. The number of phenols is 1. The average Bonchev–Trinajstić information content (AvgIpc) is 4.14. The normalized spacial score (nSPS) is 22.2. The second-order valence-electron chi connectivity index (χ2n) is 23.0. The average molecular weight is 1110 g/mol. The second-order valence-corrected chi connectivity index (χ2v) is 25.3. The summed E-state index contributed by atoms with van der Waals surface area (Å²) in [5, 5.41) is 16.9. The number of carbonyl (C=O) groups is 4. The molecule has 3 fully saturated rings. The molecule has 5 N–H and O–H groups in total. The molecule has 426 valence electrons. The molecule has 2 aromatic heterocycles. The number of hydrazine groups is 1. The van der Waals surface area contributed by atoms with Gasteiger partial charge in [0.25, 0.3) is 11.8 Å². The number of fused-ring (bicyclic) bond motifs is 6. The number of sulfone groups is 1. The lowest BCUT2D eigenvalue weighted by Gasteiger charge is -2.37. The number of ether oxygens (including phenoxy) is 3. The zero-order valence-electron chi connectivity index (χ0n) is 47.2. The van der Waals surface area contributed by atoms with E-state index in [1.165, 1.54) is 9.91 Å². The van der Waals surface area contributed by atoms with Crippen LogP contribution in [0.5, 0.6) is 5.75 Å². The van der Waals surface area contributed by atoms with Gasteiger partial charge in [-0.3, -0.25) is 34.1 Å². The summed E-state index contributed by atoms with van der Waals surface area (Å²) in [5.74, 6) is 4.21. The minimum Gasteiger partial charge on any atom is -0.508 e. The number of methoxy groups -OCH3 is 1. The van der Waals surface area contributed by atoms with Crippen molar-refractivity contribution in [1.29, 1.82) is 0 Å². The first-order chi connectivity index (χ1) is 38.1. The highest BCUT2D eigenvalue weighted by atomic mass is 32.2. The quantitative estimate of drug-likeness (QED) is 0.0659. The van der Waals surface area contributed by atoms with Gasteiger partial charge in [0.15, 0.2) is 9.84 Å². The number of amides is 3. The van der Waals surface area contributed by atoms with Crippen LogP contribution < -0.4 is 16.5 Å². The molecule has 0 unspecified atom stereocenters. The monoisotopic (exact) mass is 1110 g/mol. The van der Waals surface area contributed by atoms with Crippen LogP contribution in [-0.2, 0) is 62.6 Å². The van der Waals surface area contributed by atoms with Gasteiger partial charge in [-0.1, -0.05) is 63.8 Å². The van der Waals surface area contributed by atoms with E-state index in [2.05, 4.69) is 60.1 Å². The number of nitrogens with two attached hydrogens (primary N) is 1. The van der Waals surface area contributed by atoms with E-state index in [1.807, 2.05) is 56.0 Å². The highest BCUT2D eigenvalue weighted by Gasteiger charge is 2.42. The van der Waals surface area contributed by atoms with Gasteiger partial charge >= 0.3 is 5.97 Å². The van der Waals surface area contributed by atoms with Crippen LogP contribution in [0.4, 0.5) is 5.69 Å². The van der Waals surface area contributed by atoms with Crippen molar-refractivity contribution in [2.75, 3.05) is 70.8 Å². The zero-order valence-corrected chi connectivity index (χ0v) is 48.0. The van der Waals surface area contributed by atoms with Gasteiger partial charge in [0, 0.05) is 98.6 Å². The SMILES string of the molecule is CCn1c(-c2cc(C#CCN3CCS(=O)(=O)CC3)cnc2[C@H](C)OC)c2c3cc(ccc31)-c1cc(O)cc(c1)C[C@H](NC(=O)[C@H](C(C)C)N(C)C(=O)[C@@H]1OCC[C@@H]1c1ccc(N)cc1)C(=O)N1CCC[C@H](N1)C(=O)OCC(C)(C)C2. The molecule has 6 atom stereocenters. The van der Waals surface area contributed by atoms with Gasteiger partial charge < -0.3 is 39.8 Å². The number of nitrogens with zero attached hydrogens (tertiary/aromatic N) is 5. The first kappa shape index (κ1) is 57.9. The molecule has 3 saturated heterocycles. The molecule has 6 heterocycles. The van der Waals surface area contributed by atoms with Gasteiger partial charge in [-0.25, -0.2) is 13.8 Å². The van der Waals surface area contributed by atoms with E-state index >= 15 is 0 Å². The van der Waals surface area contributed by atoms with Gasteiger partial charge in [-0.05, 0) is 116 Å². The molecule has 0 saturated carbocycles. The van der Waals surface area contributed by atoms with Gasteiger partial charge in [0.1, 0.15) is 30.0 Å². The van der Waals surface area contributed by atoms with Crippen LogP contribution in [0.1, 0.15) is 101 Å². The van der Waals surface area contributed by atoms with E-state index in [0.29, 0.717) is 86.5 Å². The van der Waals surface area contributed by atoms with Gasteiger partial charge in [0.05, 0.1) is 42.1 Å². The third-order valence-corrected chi connectivity index (χ3v) is 17.7. The van der Waals surface area contributed by atoms with E-state index in [9.17, 15) is 32.7 Å². The van der Waals surface area contributed by atoms with Crippen molar-refractivity contribution >= 4 is 50.1 Å². The molecule has 9 rings (SSSR count). The maximum Gasteiger partial charge on any atom is 0.324 e. The number of aromatic hydroxyl groups is 1. The highest BCUT2D eigenvalue weighted by Crippen LogP contribution is 2.43. The Labute approximate surface area is 469 Å². The van der Waals surface area contributed by atoms with Crippen molar-refractivity contribution in [3.05, 3.63) is 101 Å². The molecule has 3 aromatic carbocycles. The predicted molar refractivity (Wildman–Crippen MR) is 307 cm³/mol. The van der Waals surface area contributed by atoms with E-state index in [4.69, 9.17) is 24.9 Å². The number of nitrogen functional groups attached to an aromatic ring is 1. The highest BCUT2D eigenvalue weighted by molar-refractivity contribution is 7.91. The minimum atomic E-state index is -3.03. The molecule has 3 amide bonds. The van der Waals surface area contributed by atoms with Crippen molar-refractivity contribution in [2.45, 2.75) is 116 Å². The van der Waals surface area contributed by atoms with Crippen molar-refractivity contribution in [1.82, 2.24) is 35.1 Å². The molecule has 0 spiro atoms. The molecular weight excluding hydrogens is 1040 g/mol. The summed E-state index contributed by atoms with van der Waals surface area (Å²) in [5.41, 5.74) is 17.1. The molecule has 0 aliphatic carbocycles. The lowest BCUT2D eigenvalue weighted by atomic mass is 9.84. The zero-order chi connectivity index (χ0) is 57.2. The van der Waals surface area contributed by atoms with Gasteiger partial charge in [-0.15, -0.1) is 0 Å². The number of esters is 1. The number of benzene rings is 3. The summed E-state index contributed by atoms with van der Waals surface area (Å²) in [6, 6.07) is 17.7. The lowest BCUT2D eigenvalue weighted by molar-refractivity contribution is -0.155. The first-order valence-corrected chi connectivity index (χ1v) is 29.7. The third kappa shape index (κ3) is 12.7. The Bertz CT molecular complexity index is 3320. The van der Waals surface area contributed by atoms with Crippen LogP contribution in [-0.4, -0.2) is 151 Å². The van der Waals surface area contributed by atoms with Crippen LogP contribution in [0.3, 0.4) is 0 Å². The molecule has 18 nitrogen and oxygen atoms in total. The molecule has 0 radical (unpaired) electrons. The molecule has 19 heteroatoms. The number of anilines is 1. The van der Waals surface area contributed by atoms with Crippen LogP contribution in [0.25, 0.3) is 33.3 Å². The summed E-state index contributed by atoms with van der Waals surface area (Å²) in [4.78, 5) is 66.8. The summed E-state index contributed by atoms with van der Waals surface area (Å²) in [6.07, 6.45) is 2.41. The number of nitrogens with one attached hydrogen (secondary N) is 2. The molecule has 5 aromatic rings.